The Morgan fingerprint density at radius 2 is 2.00 bits per heavy atom. The molecule has 3 heterocycles. The van der Waals surface area contributed by atoms with Gasteiger partial charge in [-0.25, -0.2) is 4.39 Å². The zero-order valence-electron chi connectivity index (χ0n) is 16.6. The monoisotopic (exact) mass is 380 g/mol. The smallest absolute Gasteiger partial charge is 0.232 e. The van der Waals surface area contributed by atoms with E-state index in [0.717, 1.165) is 32.1 Å². The average Bonchev–Trinajstić information content (AvgIpc) is 2.97. The summed E-state index contributed by atoms with van der Waals surface area (Å²) >= 11 is 0. The molecule has 4 aliphatic rings. The first kappa shape index (κ1) is 17.7. The number of rotatable bonds is 2. The quantitative estimate of drug-likeness (QED) is 0.794. The van der Waals surface area contributed by atoms with Gasteiger partial charge in [-0.15, -0.1) is 0 Å². The fourth-order valence-corrected chi connectivity index (χ4v) is 6.58. The number of carbonyl (C=O) groups excluding carboxylic acids is 1. The highest BCUT2D eigenvalue weighted by Gasteiger charge is 2.60. The summed E-state index contributed by atoms with van der Waals surface area (Å²) in [6, 6.07) is 7.72. The van der Waals surface area contributed by atoms with Crippen LogP contribution in [0.5, 0.6) is 0 Å². The Morgan fingerprint density at radius 3 is 2.64 bits per heavy atom. The van der Waals surface area contributed by atoms with Gasteiger partial charge in [-0.3, -0.25) is 9.48 Å². The molecule has 4 bridgehead atoms. The molecule has 146 valence electrons. The molecule has 28 heavy (non-hydrogen) atoms. The molecular formula is C22H25FN4O. The van der Waals surface area contributed by atoms with Crippen LogP contribution >= 0.6 is 0 Å². The molecule has 6 heteroatoms. The lowest BCUT2D eigenvalue weighted by molar-refractivity contribution is -0.164. The number of hydrogen-bond acceptors (Lipinski definition) is 3. The largest absolute Gasteiger partial charge is 0.336 e. The normalized spacial score (nSPS) is 34.6. The molecule has 2 aromatic rings. The highest BCUT2D eigenvalue weighted by molar-refractivity contribution is 5.91. The molecule has 2 saturated heterocycles. The van der Waals surface area contributed by atoms with Gasteiger partial charge in [0.2, 0.25) is 5.91 Å². The topological polar surface area (TPSA) is 61.9 Å². The van der Waals surface area contributed by atoms with Crippen LogP contribution in [0.3, 0.4) is 0 Å². The van der Waals surface area contributed by atoms with Crippen molar-refractivity contribution >= 4 is 16.8 Å². The van der Waals surface area contributed by atoms with Gasteiger partial charge in [0.25, 0.3) is 0 Å². The van der Waals surface area contributed by atoms with E-state index >= 15 is 0 Å². The Kier molecular flexibility index (Phi) is 3.51. The van der Waals surface area contributed by atoms with Crippen molar-refractivity contribution in [2.24, 2.45) is 17.9 Å². The molecule has 5 nitrogen and oxygen atoms in total. The van der Waals surface area contributed by atoms with Crippen LogP contribution in [0, 0.1) is 28.0 Å². The lowest BCUT2D eigenvalue weighted by Crippen LogP contribution is -2.66. The third kappa shape index (κ3) is 2.28. The van der Waals surface area contributed by atoms with Gasteiger partial charge < -0.3 is 4.90 Å². The van der Waals surface area contributed by atoms with Crippen LogP contribution < -0.4 is 0 Å². The van der Waals surface area contributed by atoms with Crippen molar-refractivity contribution in [2.75, 3.05) is 0 Å². The van der Waals surface area contributed by atoms with E-state index in [2.05, 4.69) is 18.1 Å². The van der Waals surface area contributed by atoms with Crippen molar-refractivity contribution in [3.05, 3.63) is 29.7 Å². The van der Waals surface area contributed by atoms with E-state index in [4.69, 9.17) is 0 Å². The Bertz CT molecular complexity index is 1020. The first-order valence-corrected chi connectivity index (χ1v) is 10.1. The van der Waals surface area contributed by atoms with E-state index in [9.17, 15) is 14.4 Å². The summed E-state index contributed by atoms with van der Waals surface area (Å²) in [5, 5.41) is 14.7. The fraction of sp³-hybridized carbons (Fsp3) is 0.591. The highest BCUT2D eigenvalue weighted by atomic mass is 19.1. The summed E-state index contributed by atoms with van der Waals surface area (Å²) in [7, 11) is 1.78. The summed E-state index contributed by atoms with van der Waals surface area (Å²) in [5.41, 5.74) is 1.09. The van der Waals surface area contributed by atoms with Crippen molar-refractivity contribution in [3.63, 3.8) is 0 Å². The molecule has 0 N–H and O–H groups in total. The number of nitrogens with zero attached hydrogens (tertiary/aromatic N) is 4. The Labute approximate surface area is 164 Å². The Morgan fingerprint density at radius 1 is 1.32 bits per heavy atom. The first-order chi connectivity index (χ1) is 13.3. The minimum Gasteiger partial charge on any atom is -0.336 e. The van der Waals surface area contributed by atoms with E-state index in [0.29, 0.717) is 16.6 Å². The van der Waals surface area contributed by atoms with E-state index in [1.54, 1.807) is 17.8 Å². The number of hydrogen-bond donors (Lipinski definition) is 0. The summed E-state index contributed by atoms with van der Waals surface area (Å²) in [4.78, 5) is 15.6. The number of piperidine rings is 2. The number of fused-ring (bicyclic) bond motifs is 1. The Balaban J connectivity index is 1.51. The van der Waals surface area contributed by atoms with Crippen molar-refractivity contribution in [1.82, 2.24) is 14.7 Å². The lowest BCUT2D eigenvalue weighted by atomic mass is 9.50. The van der Waals surface area contributed by atoms with Gasteiger partial charge in [0.15, 0.2) is 0 Å². The van der Waals surface area contributed by atoms with Crippen LogP contribution in [-0.4, -0.2) is 32.7 Å². The first-order valence-electron chi connectivity index (χ1n) is 10.1. The predicted molar refractivity (Wildman–Crippen MR) is 103 cm³/mol. The maximum absolute atomic E-state index is 14.5. The molecule has 4 fully saturated rings. The summed E-state index contributed by atoms with van der Waals surface area (Å²) in [5.74, 6) is -0.825. The molecule has 1 aromatic carbocycles. The van der Waals surface area contributed by atoms with Gasteiger partial charge in [-0.2, -0.15) is 10.4 Å². The summed E-state index contributed by atoms with van der Waals surface area (Å²) in [6.07, 6.45) is 4.42. The molecule has 2 saturated carbocycles. The molecular weight excluding hydrogens is 355 g/mol. The zero-order chi connectivity index (χ0) is 19.8. The number of carbonyl (C=O) groups is 1. The second-order valence-corrected chi connectivity index (χ2v) is 9.61. The van der Waals surface area contributed by atoms with E-state index < -0.39 is 5.92 Å². The molecule has 0 spiro atoms. The molecule has 1 aromatic heterocycles. The molecule has 1 amide bonds. The van der Waals surface area contributed by atoms with Crippen molar-refractivity contribution in [2.45, 2.75) is 64.0 Å². The van der Waals surface area contributed by atoms with Crippen LogP contribution in [0.2, 0.25) is 0 Å². The molecule has 6 rings (SSSR count). The minimum absolute atomic E-state index is 0.0220. The van der Waals surface area contributed by atoms with Gasteiger partial charge in [0.05, 0.1) is 34.0 Å². The van der Waals surface area contributed by atoms with Gasteiger partial charge in [-0.05, 0) is 56.6 Å². The SMILES string of the molecule is CC(C(=O)N1C2CC3(C)C[C@H]1CC(C#N)(C2)C3)c1nn(C)c2cccc(F)c12. The van der Waals surface area contributed by atoms with Gasteiger partial charge in [0, 0.05) is 19.1 Å². The Hall–Kier alpha value is -2.42. The van der Waals surface area contributed by atoms with Crippen LogP contribution in [0.1, 0.15) is 57.6 Å². The summed E-state index contributed by atoms with van der Waals surface area (Å²) in [6.45, 7) is 4.10. The van der Waals surface area contributed by atoms with Gasteiger partial charge in [-0.1, -0.05) is 13.0 Å². The zero-order valence-corrected chi connectivity index (χ0v) is 16.6. The number of benzene rings is 1. The lowest BCUT2D eigenvalue weighted by Gasteiger charge is -2.63. The van der Waals surface area contributed by atoms with Gasteiger partial charge >= 0.3 is 0 Å². The van der Waals surface area contributed by atoms with Crippen LogP contribution in [0.25, 0.3) is 10.9 Å². The standard InChI is InChI=1S/C22H25FN4O/c1-13(19-18-16(23)5-4-6-17(18)26(3)25-19)20(28)27-14-7-21(2)8-15(27)10-22(9-14,11-21)12-24/h4-6,13-15H,7-11H2,1-3H3/t13?,14-,15?,21?,22?/m0/s1. The van der Waals surface area contributed by atoms with Crippen LogP contribution in [-0.2, 0) is 11.8 Å². The highest BCUT2D eigenvalue weighted by Crippen LogP contribution is 2.61. The molecule has 2 aliphatic carbocycles. The molecule has 0 radical (unpaired) electrons. The minimum atomic E-state index is -0.510. The number of aryl methyl sites for hydroxylation is 1. The van der Waals surface area contributed by atoms with Crippen LogP contribution in [0.15, 0.2) is 18.2 Å². The van der Waals surface area contributed by atoms with E-state index in [1.165, 1.54) is 6.07 Å². The maximum atomic E-state index is 14.5. The van der Waals surface area contributed by atoms with Crippen molar-refractivity contribution < 1.29 is 9.18 Å². The van der Waals surface area contributed by atoms with Crippen molar-refractivity contribution in [1.29, 1.82) is 5.26 Å². The number of amides is 1. The van der Waals surface area contributed by atoms with E-state index in [1.807, 2.05) is 17.9 Å². The summed E-state index contributed by atoms with van der Waals surface area (Å²) < 4.78 is 16.2. The van der Waals surface area contributed by atoms with Crippen LogP contribution in [0.4, 0.5) is 4.39 Å². The maximum Gasteiger partial charge on any atom is 0.232 e. The number of aromatic nitrogens is 2. The predicted octanol–water partition coefficient (Wildman–Crippen LogP) is 3.89. The van der Waals surface area contributed by atoms with Crippen molar-refractivity contribution in [3.8, 4) is 6.07 Å². The second-order valence-electron chi connectivity index (χ2n) is 9.61. The second kappa shape index (κ2) is 5.56. The average molecular weight is 380 g/mol. The number of nitriles is 1. The third-order valence-electron chi connectivity index (χ3n) is 7.39. The van der Waals surface area contributed by atoms with Gasteiger partial charge in [0.1, 0.15) is 5.82 Å². The number of halogens is 1. The fourth-order valence-electron chi connectivity index (χ4n) is 6.58. The molecule has 4 unspecified atom stereocenters. The molecule has 2 aliphatic heterocycles. The molecule has 5 atom stereocenters. The third-order valence-corrected chi connectivity index (χ3v) is 7.39. The van der Waals surface area contributed by atoms with E-state index in [-0.39, 0.29) is 34.6 Å².